The molecular weight excluding hydrogens is 204 g/mol. The van der Waals surface area contributed by atoms with Crippen molar-refractivity contribution in [2.75, 3.05) is 7.11 Å². The van der Waals surface area contributed by atoms with Crippen LogP contribution in [0.5, 0.6) is 11.5 Å². The maximum atomic E-state index is 12.7. The summed E-state index contributed by atoms with van der Waals surface area (Å²) in [6, 6.07) is 2.51. The lowest BCUT2D eigenvalue weighted by Gasteiger charge is -2.09. The van der Waals surface area contributed by atoms with Gasteiger partial charge in [-0.2, -0.15) is 0 Å². The molecule has 0 saturated heterocycles. The summed E-state index contributed by atoms with van der Waals surface area (Å²) in [5, 5.41) is 0. The Labute approximate surface area is 77.1 Å². The fraction of sp³-hybridized carbons (Fsp3) is 0.250. The third-order valence-corrected chi connectivity index (χ3v) is 1.31. The lowest BCUT2D eigenvalue weighted by atomic mass is 10.3. The first kappa shape index (κ1) is 10.6. The standard InChI is InChI=1S/C8H6F4O2/c1-13-6-2-5(9)3-7(4-6)14-8(10,11)12/h2-4H,1H3. The lowest BCUT2D eigenvalue weighted by molar-refractivity contribution is -0.274. The van der Waals surface area contributed by atoms with Gasteiger partial charge in [0.25, 0.3) is 0 Å². The molecule has 0 aliphatic rings. The Morgan fingerprint density at radius 2 is 1.64 bits per heavy atom. The first-order valence-electron chi connectivity index (χ1n) is 3.51. The second-order valence-corrected chi connectivity index (χ2v) is 2.37. The molecule has 78 valence electrons. The van der Waals surface area contributed by atoms with Gasteiger partial charge < -0.3 is 9.47 Å². The molecule has 0 atom stereocenters. The SMILES string of the molecule is COc1cc(F)cc(OC(F)(F)F)c1. The minimum atomic E-state index is -4.83. The number of ether oxygens (including phenoxy) is 2. The number of hydrogen-bond acceptors (Lipinski definition) is 2. The van der Waals surface area contributed by atoms with Crippen molar-refractivity contribution in [3.8, 4) is 11.5 Å². The van der Waals surface area contributed by atoms with E-state index in [1.807, 2.05) is 0 Å². The molecule has 6 heteroatoms. The van der Waals surface area contributed by atoms with Gasteiger partial charge in [-0.1, -0.05) is 0 Å². The van der Waals surface area contributed by atoms with Crippen LogP contribution >= 0.6 is 0 Å². The van der Waals surface area contributed by atoms with Crippen molar-refractivity contribution < 1.29 is 27.0 Å². The van der Waals surface area contributed by atoms with E-state index < -0.39 is 17.9 Å². The number of rotatable bonds is 2. The maximum Gasteiger partial charge on any atom is 0.573 e. The van der Waals surface area contributed by atoms with Crippen LogP contribution in [-0.4, -0.2) is 13.5 Å². The normalized spacial score (nSPS) is 11.2. The van der Waals surface area contributed by atoms with Crippen LogP contribution in [0.3, 0.4) is 0 Å². The maximum absolute atomic E-state index is 12.7. The average molecular weight is 210 g/mol. The molecule has 0 unspecified atom stereocenters. The topological polar surface area (TPSA) is 18.5 Å². The highest BCUT2D eigenvalue weighted by atomic mass is 19.4. The predicted octanol–water partition coefficient (Wildman–Crippen LogP) is 2.73. The fourth-order valence-electron chi connectivity index (χ4n) is 0.847. The molecule has 0 N–H and O–H groups in total. The second kappa shape index (κ2) is 3.73. The number of benzene rings is 1. The van der Waals surface area contributed by atoms with E-state index in [1.54, 1.807) is 0 Å². The Kier molecular flexibility index (Phi) is 2.83. The Bertz CT molecular complexity index is 322. The molecule has 14 heavy (non-hydrogen) atoms. The summed E-state index contributed by atoms with van der Waals surface area (Å²) in [7, 11) is 1.21. The molecule has 0 saturated carbocycles. The van der Waals surface area contributed by atoms with Gasteiger partial charge in [0.15, 0.2) is 0 Å². The Morgan fingerprint density at radius 1 is 1.07 bits per heavy atom. The van der Waals surface area contributed by atoms with Crippen LogP contribution in [-0.2, 0) is 0 Å². The zero-order valence-electron chi connectivity index (χ0n) is 7.06. The molecule has 2 nitrogen and oxygen atoms in total. The molecule has 0 radical (unpaired) electrons. The number of halogens is 4. The Hall–Kier alpha value is -1.46. The molecule has 0 bridgehead atoms. The summed E-state index contributed by atoms with van der Waals surface area (Å²) in [5.74, 6) is -1.54. The fourth-order valence-corrected chi connectivity index (χ4v) is 0.847. The zero-order valence-corrected chi connectivity index (χ0v) is 7.06. The van der Waals surface area contributed by atoms with Gasteiger partial charge in [-0.25, -0.2) is 4.39 Å². The average Bonchev–Trinajstić information content (AvgIpc) is 1.99. The van der Waals surface area contributed by atoms with Gasteiger partial charge in [-0.15, -0.1) is 13.2 Å². The monoisotopic (exact) mass is 210 g/mol. The van der Waals surface area contributed by atoms with Crippen molar-refractivity contribution in [3.05, 3.63) is 24.0 Å². The molecule has 1 rings (SSSR count). The van der Waals surface area contributed by atoms with Crippen LogP contribution in [0.2, 0.25) is 0 Å². The van der Waals surface area contributed by atoms with E-state index in [1.165, 1.54) is 7.11 Å². The summed E-state index contributed by atoms with van der Waals surface area (Å²) in [4.78, 5) is 0. The van der Waals surface area contributed by atoms with Gasteiger partial charge in [0.2, 0.25) is 0 Å². The van der Waals surface area contributed by atoms with Gasteiger partial charge in [0.1, 0.15) is 17.3 Å². The molecule has 0 heterocycles. The van der Waals surface area contributed by atoms with Crippen molar-refractivity contribution >= 4 is 0 Å². The van der Waals surface area contributed by atoms with E-state index >= 15 is 0 Å². The molecule has 0 aliphatic carbocycles. The second-order valence-electron chi connectivity index (χ2n) is 2.37. The molecule has 1 aromatic rings. The Morgan fingerprint density at radius 3 is 2.14 bits per heavy atom. The van der Waals surface area contributed by atoms with Crippen LogP contribution in [0.25, 0.3) is 0 Å². The van der Waals surface area contributed by atoms with E-state index in [0.717, 1.165) is 12.1 Å². The third-order valence-electron chi connectivity index (χ3n) is 1.31. The first-order chi connectivity index (χ1) is 6.40. The van der Waals surface area contributed by atoms with E-state index in [-0.39, 0.29) is 5.75 Å². The van der Waals surface area contributed by atoms with Gasteiger partial charge in [0, 0.05) is 18.2 Å². The number of alkyl halides is 3. The predicted molar refractivity (Wildman–Crippen MR) is 39.6 cm³/mol. The van der Waals surface area contributed by atoms with Crippen LogP contribution in [0.4, 0.5) is 17.6 Å². The minimum Gasteiger partial charge on any atom is -0.497 e. The first-order valence-corrected chi connectivity index (χ1v) is 3.51. The number of methoxy groups -OCH3 is 1. The number of hydrogen-bond donors (Lipinski definition) is 0. The van der Waals surface area contributed by atoms with Gasteiger partial charge in [-0.3, -0.25) is 0 Å². The van der Waals surface area contributed by atoms with Gasteiger partial charge in [0.05, 0.1) is 7.11 Å². The molecule has 0 amide bonds. The van der Waals surface area contributed by atoms with E-state index in [4.69, 9.17) is 0 Å². The van der Waals surface area contributed by atoms with Crippen LogP contribution in [0.1, 0.15) is 0 Å². The highest BCUT2D eigenvalue weighted by Crippen LogP contribution is 2.27. The van der Waals surface area contributed by atoms with Crippen molar-refractivity contribution in [2.24, 2.45) is 0 Å². The lowest BCUT2D eigenvalue weighted by Crippen LogP contribution is -2.17. The van der Waals surface area contributed by atoms with Crippen molar-refractivity contribution in [1.29, 1.82) is 0 Å². The largest absolute Gasteiger partial charge is 0.573 e. The summed E-state index contributed by atoms with van der Waals surface area (Å²) in [6.07, 6.45) is -4.83. The van der Waals surface area contributed by atoms with Crippen LogP contribution < -0.4 is 9.47 Å². The molecule has 0 aromatic heterocycles. The summed E-state index contributed by atoms with van der Waals surface area (Å²) in [6.45, 7) is 0. The van der Waals surface area contributed by atoms with E-state index in [9.17, 15) is 17.6 Å². The minimum absolute atomic E-state index is 0.0377. The highest BCUT2D eigenvalue weighted by molar-refractivity contribution is 5.33. The highest BCUT2D eigenvalue weighted by Gasteiger charge is 2.31. The van der Waals surface area contributed by atoms with Gasteiger partial charge >= 0.3 is 6.36 Å². The van der Waals surface area contributed by atoms with Crippen molar-refractivity contribution in [1.82, 2.24) is 0 Å². The molecule has 1 aromatic carbocycles. The van der Waals surface area contributed by atoms with E-state index in [2.05, 4.69) is 9.47 Å². The van der Waals surface area contributed by atoms with Gasteiger partial charge in [-0.05, 0) is 0 Å². The molecule has 0 fully saturated rings. The summed E-state index contributed by atoms with van der Waals surface area (Å²) in [5.41, 5.74) is 0. The smallest absolute Gasteiger partial charge is 0.497 e. The van der Waals surface area contributed by atoms with Crippen molar-refractivity contribution in [2.45, 2.75) is 6.36 Å². The third kappa shape index (κ3) is 3.12. The van der Waals surface area contributed by atoms with Crippen LogP contribution in [0, 0.1) is 5.82 Å². The quantitative estimate of drug-likeness (QED) is 0.698. The Balaban J connectivity index is 2.92. The molecule has 0 aliphatic heterocycles. The van der Waals surface area contributed by atoms with Crippen LogP contribution in [0.15, 0.2) is 18.2 Å². The molecular formula is C8H6F4O2. The molecule has 0 spiro atoms. The summed E-state index contributed by atoms with van der Waals surface area (Å²) >= 11 is 0. The summed E-state index contributed by atoms with van der Waals surface area (Å²) < 4.78 is 55.9. The van der Waals surface area contributed by atoms with E-state index in [0.29, 0.717) is 6.07 Å². The van der Waals surface area contributed by atoms with Crippen molar-refractivity contribution in [3.63, 3.8) is 0 Å². The zero-order chi connectivity index (χ0) is 10.8.